The number of carbonyl (C=O) groups excluding carboxylic acids is 1. The van der Waals surface area contributed by atoms with E-state index in [0.29, 0.717) is 12.0 Å². The third-order valence-electron chi connectivity index (χ3n) is 3.78. The number of nitrogens with one attached hydrogen (secondary N) is 1. The predicted octanol–water partition coefficient (Wildman–Crippen LogP) is 2.30. The van der Waals surface area contributed by atoms with Crippen LogP contribution in [0.5, 0.6) is 0 Å². The van der Waals surface area contributed by atoms with Gasteiger partial charge >= 0.3 is 5.97 Å². The van der Waals surface area contributed by atoms with Gasteiger partial charge < -0.3 is 10.4 Å². The lowest BCUT2D eigenvalue weighted by Crippen LogP contribution is -2.39. The third-order valence-corrected chi connectivity index (χ3v) is 3.78. The van der Waals surface area contributed by atoms with Gasteiger partial charge in [0.2, 0.25) is 5.91 Å². The fourth-order valence-corrected chi connectivity index (χ4v) is 2.11. The number of carboxylic acids is 1. The number of aliphatic carboxylic acids is 1. The van der Waals surface area contributed by atoms with Gasteiger partial charge in [0.25, 0.3) is 0 Å². The van der Waals surface area contributed by atoms with E-state index >= 15 is 0 Å². The minimum Gasteiger partial charge on any atom is -0.481 e. The van der Waals surface area contributed by atoms with Gasteiger partial charge in [-0.25, -0.2) is 8.78 Å². The normalized spacial score (nSPS) is 21.0. The average Bonchev–Trinajstić information content (AvgIpc) is 3.19. The molecule has 0 unspecified atom stereocenters. The maximum atomic E-state index is 13.1. The summed E-state index contributed by atoms with van der Waals surface area (Å²) in [6.07, 6.45) is 0.560. The van der Waals surface area contributed by atoms with E-state index < -0.39 is 23.0 Å². The molecule has 1 fully saturated rings. The SMILES string of the molecule is CC(C)(CNC(=O)[C@H]1C[C@@H]1c1ccc(F)c(F)c1)C(=O)O. The van der Waals surface area contributed by atoms with Gasteiger partial charge in [-0.05, 0) is 43.9 Å². The number of hydrogen-bond acceptors (Lipinski definition) is 2. The quantitative estimate of drug-likeness (QED) is 0.876. The molecular formula is C15H17F2NO3. The van der Waals surface area contributed by atoms with E-state index in [-0.39, 0.29) is 24.3 Å². The zero-order chi connectivity index (χ0) is 15.8. The highest BCUT2D eigenvalue weighted by Crippen LogP contribution is 2.47. The zero-order valence-electron chi connectivity index (χ0n) is 11.8. The van der Waals surface area contributed by atoms with E-state index in [9.17, 15) is 18.4 Å². The summed E-state index contributed by atoms with van der Waals surface area (Å²) in [7, 11) is 0. The zero-order valence-corrected chi connectivity index (χ0v) is 11.8. The van der Waals surface area contributed by atoms with Crippen LogP contribution in [0.15, 0.2) is 18.2 Å². The molecule has 21 heavy (non-hydrogen) atoms. The lowest BCUT2D eigenvalue weighted by molar-refractivity contribution is -0.146. The Kier molecular flexibility index (Phi) is 3.98. The molecule has 0 heterocycles. The number of halogens is 2. The summed E-state index contributed by atoms with van der Waals surface area (Å²) in [5.41, 5.74) is -0.450. The van der Waals surface area contributed by atoms with Crippen LogP contribution in [0.4, 0.5) is 8.78 Å². The Morgan fingerprint density at radius 3 is 2.57 bits per heavy atom. The van der Waals surface area contributed by atoms with Crippen LogP contribution in [0.2, 0.25) is 0 Å². The standard InChI is InChI=1S/C15H17F2NO3/c1-15(2,14(20)21)7-18-13(19)10-6-9(10)8-3-4-11(16)12(17)5-8/h3-5,9-10H,6-7H2,1-2H3,(H,18,19)(H,20,21)/t9-,10+/m1/s1. The van der Waals surface area contributed by atoms with E-state index in [1.807, 2.05) is 0 Å². The fraction of sp³-hybridized carbons (Fsp3) is 0.467. The van der Waals surface area contributed by atoms with Crippen molar-refractivity contribution in [2.24, 2.45) is 11.3 Å². The van der Waals surface area contributed by atoms with Gasteiger partial charge in [-0.3, -0.25) is 9.59 Å². The summed E-state index contributed by atoms with van der Waals surface area (Å²) in [5.74, 6) is -3.52. The van der Waals surface area contributed by atoms with Crippen molar-refractivity contribution in [2.45, 2.75) is 26.2 Å². The van der Waals surface area contributed by atoms with Gasteiger partial charge in [-0.2, -0.15) is 0 Å². The monoisotopic (exact) mass is 297 g/mol. The number of hydrogen-bond donors (Lipinski definition) is 2. The van der Waals surface area contributed by atoms with Crippen LogP contribution in [-0.4, -0.2) is 23.5 Å². The van der Waals surface area contributed by atoms with Gasteiger partial charge in [0.05, 0.1) is 5.41 Å². The Hall–Kier alpha value is -1.98. The molecule has 1 aliphatic carbocycles. The van der Waals surface area contributed by atoms with Crippen LogP contribution in [0.1, 0.15) is 31.7 Å². The minimum absolute atomic E-state index is 0.0299. The van der Waals surface area contributed by atoms with Crippen molar-refractivity contribution in [3.63, 3.8) is 0 Å². The average molecular weight is 297 g/mol. The van der Waals surface area contributed by atoms with Crippen LogP contribution in [0.25, 0.3) is 0 Å². The molecule has 0 aromatic heterocycles. The number of carbonyl (C=O) groups is 2. The van der Waals surface area contributed by atoms with Crippen LogP contribution in [-0.2, 0) is 9.59 Å². The first-order valence-electron chi connectivity index (χ1n) is 6.68. The molecule has 0 bridgehead atoms. The molecule has 1 amide bonds. The predicted molar refractivity (Wildman–Crippen MR) is 71.6 cm³/mol. The molecule has 2 N–H and O–H groups in total. The van der Waals surface area contributed by atoms with Gasteiger partial charge in [-0.1, -0.05) is 6.07 Å². The molecular weight excluding hydrogens is 280 g/mol. The van der Waals surface area contributed by atoms with Gasteiger partial charge in [0, 0.05) is 12.5 Å². The third kappa shape index (κ3) is 3.37. The topological polar surface area (TPSA) is 66.4 Å². The Morgan fingerprint density at radius 1 is 1.33 bits per heavy atom. The molecule has 114 valence electrons. The van der Waals surface area contributed by atoms with Crippen LogP contribution in [0, 0.1) is 23.0 Å². The molecule has 2 atom stereocenters. The fourth-order valence-electron chi connectivity index (χ4n) is 2.11. The second-order valence-electron chi connectivity index (χ2n) is 6.03. The first-order valence-corrected chi connectivity index (χ1v) is 6.68. The number of carboxylic acid groups (broad SMARTS) is 1. The van der Waals surface area contributed by atoms with E-state index in [2.05, 4.69) is 5.32 Å². The largest absolute Gasteiger partial charge is 0.481 e. The number of benzene rings is 1. The van der Waals surface area contributed by atoms with Gasteiger partial charge in [-0.15, -0.1) is 0 Å². The Labute approximate surface area is 121 Å². The molecule has 0 radical (unpaired) electrons. The van der Waals surface area contributed by atoms with Gasteiger partial charge in [0.1, 0.15) is 0 Å². The van der Waals surface area contributed by atoms with Crippen molar-refractivity contribution in [3.8, 4) is 0 Å². The summed E-state index contributed by atoms with van der Waals surface area (Å²) in [5, 5.41) is 11.6. The molecule has 1 aliphatic rings. The molecule has 1 aromatic carbocycles. The first-order chi connectivity index (χ1) is 9.72. The first kappa shape index (κ1) is 15.4. The molecule has 2 rings (SSSR count). The Morgan fingerprint density at radius 2 is 2.00 bits per heavy atom. The van der Waals surface area contributed by atoms with E-state index in [1.165, 1.54) is 19.9 Å². The maximum absolute atomic E-state index is 13.1. The van der Waals surface area contributed by atoms with E-state index in [4.69, 9.17) is 5.11 Å². The van der Waals surface area contributed by atoms with Crippen molar-refractivity contribution in [3.05, 3.63) is 35.4 Å². The van der Waals surface area contributed by atoms with Crippen molar-refractivity contribution in [2.75, 3.05) is 6.54 Å². The summed E-state index contributed by atoms with van der Waals surface area (Å²) in [6.45, 7) is 3.08. The molecule has 0 spiro atoms. The smallest absolute Gasteiger partial charge is 0.310 e. The summed E-state index contributed by atoms with van der Waals surface area (Å²) in [6, 6.07) is 3.62. The molecule has 1 saturated carbocycles. The van der Waals surface area contributed by atoms with Crippen LogP contribution >= 0.6 is 0 Å². The Balaban J connectivity index is 1.92. The molecule has 4 nitrogen and oxygen atoms in total. The number of rotatable bonds is 5. The highest BCUT2D eigenvalue weighted by molar-refractivity contribution is 5.83. The van der Waals surface area contributed by atoms with Crippen molar-refractivity contribution < 1.29 is 23.5 Å². The second-order valence-corrected chi connectivity index (χ2v) is 6.03. The molecule has 1 aromatic rings. The highest BCUT2D eigenvalue weighted by Gasteiger charge is 2.44. The van der Waals surface area contributed by atoms with Gasteiger partial charge in [0.15, 0.2) is 11.6 Å². The second kappa shape index (κ2) is 5.42. The van der Waals surface area contributed by atoms with Crippen LogP contribution in [0.3, 0.4) is 0 Å². The molecule has 0 aliphatic heterocycles. The molecule has 6 heteroatoms. The summed E-state index contributed by atoms with van der Waals surface area (Å²) < 4.78 is 26.0. The van der Waals surface area contributed by atoms with E-state index in [1.54, 1.807) is 0 Å². The lowest BCUT2D eigenvalue weighted by Gasteiger charge is -2.19. The maximum Gasteiger partial charge on any atom is 0.310 e. The van der Waals surface area contributed by atoms with Crippen molar-refractivity contribution >= 4 is 11.9 Å². The van der Waals surface area contributed by atoms with Crippen molar-refractivity contribution in [1.82, 2.24) is 5.32 Å². The number of amides is 1. The Bertz CT molecular complexity index is 586. The van der Waals surface area contributed by atoms with E-state index in [0.717, 1.165) is 12.1 Å². The lowest BCUT2D eigenvalue weighted by atomic mass is 9.94. The minimum atomic E-state index is -1.04. The van der Waals surface area contributed by atoms with Crippen LogP contribution < -0.4 is 5.32 Å². The summed E-state index contributed by atoms with van der Waals surface area (Å²) >= 11 is 0. The highest BCUT2D eigenvalue weighted by atomic mass is 19.2. The van der Waals surface area contributed by atoms with Crippen molar-refractivity contribution in [1.29, 1.82) is 0 Å². The molecule has 0 saturated heterocycles. The summed E-state index contributed by atoms with van der Waals surface area (Å²) in [4.78, 5) is 22.9.